The number of methoxy groups -OCH3 is 3. The van der Waals surface area contributed by atoms with Gasteiger partial charge in [0.2, 0.25) is 0 Å². The fourth-order valence-electron chi connectivity index (χ4n) is 12.4. The molecule has 0 bridgehead atoms. The number of morpholine rings is 1. The Labute approximate surface area is 502 Å². The molecular formula is C60H61N11O13S3. The number of nitrogens with two attached hydrogens (primary N) is 2. The minimum atomic E-state index is -4.02. The van der Waals surface area contributed by atoms with Crippen LogP contribution in [0.2, 0.25) is 0 Å². The molecular weight excluding hydrogens is 1180 g/mol. The lowest BCUT2D eigenvalue weighted by atomic mass is 9.91. The zero-order valence-corrected chi connectivity index (χ0v) is 50.2. The fourth-order valence-corrected chi connectivity index (χ4v) is 14.9. The number of aromatic nitrogens is 3. The summed E-state index contributed by atoms with van der Waals surface area (Å²) in [4.78, 5) is 16.9. The van der Waals surface area contributed by atoms with Gasteiger partial charge in [0.15, 0.2) is 46.0 Å². The Balaban J connectivity index is 0.896. The van der Waals surface area contributed by atoms with Crippen LogP contribution >= 0.6 is 0 Å². The van der Waals surface area contributed by atoms with E-state index in [-0.39, 0.29) is 66.5 Å². The molecule has 0 saturated carbocycles. The molecule has 5 aliphatic rings. The van der Waals surface area contributed by atoms with Crippen molar-refractivity contribution in [2.24, 2.45) is 16.2 Å². The molecule has 0 unspecified atom stereocenters. The highest BCUT2D eigenvalue weighted by atomic mass is 32.2. The standard InChI is InChI=1S/C60H61N11O13S3/c1-78-49-26-45-47(27-51(49)80-3)65-32-55(58(45)68-14-9-35(10-15-68)8-13-66-87(76,77)69-18-20-81-21-19-69)82-53-29-48-44(24-50(53)79-2)57(39-7-5-37-12-17-71(86(63,74)75)34-41(37)23-39)59-60(67-48)84-54-28-46-43(25-52(54)83-59)56(42(30-61)31-64-46)38-6-4-36-11-16-70(85(62,72)73)33-40(36)22-38/h4-7,22-29,31-32,35,66H,8-21,33-34H2,1-3H3,(H2,62,72,73)(H2,63,74,75). The van der Waals surface area contributed by atoms with Gasteiger partial charge in [-0.1, -0.05) is 24.3 Å². The van der Waals surface area contributed by atoms with Gasteiger partial charge in [-0.2, -0.15) is 43.4 Å². The average Bonchev–Trinajstić information content (AvgIpc) is 0.813. The molecule has 0 radical (unpaired) electrons. The fraction of sp³-hybridized carbons (Fsp3) is 0.333. The van der Waals surface area contributed by atoms with Gasteiger partial charge in [-0.25, -0.2) is 20.0 Å². The molecule has 0 atom stereocenters. The predicted molar refractivity (Wildman–Crippen MR) is 324 cm³/mol. The van der Waals surface area contributed by atoms with Crippen LogP contribution < -0.4 is 48.3 Å². The van der Waals surface area contributed by atoms with E-state index in [2.05, 4.69) is 20.7 Å². The van der Waals surface area contributed by atoms with E-state index in [4.69, 9.17) is 53.4 Å². The van der Waals surface area contributed by atoms with E-state index in [0.717, 1.165) is 46.2 Å². The highest BCUT2D eigenvalue weighted by molar-refractivity contribution is 7.87. The summed E-state index contributed by atoms with van der Waals surface area (Å²) < 4.78 is 127. The molecule has 5 aromatic carbocycles. The zero-order valence-electron chi connectivity index (χ0n) is 47.7. The van der Waals surface area contributed by atoms with Gasteiger partial charge in [0, 0.05) is 111 Å². The van der Waals surface area contributed by atoms with Crippen LogP contribution in [0.15, 0.2) is 85.2 Å². The van der Waals surface area contributed by atoms with Crippen molar-refractivity contribution >= 4 is 69.0 Å². The molecule has 5 N–H and O–H groups in total. The number of hydrogen-bond acceptors (Lipinski definition) is 18. The van der Waals surface area contributed by atoms with Gasteiger partial charge in [-0.15, -0.1) is 0 Å². The van der Waals surface area contributed by atoms with Crippen LogP contribution in [0.3, 0.4) is 0 Å². The predicted octanol–water partition coefficient (Wildman–Crippen LogP) is 7.15. The van der Waals surface area contributed by atoms with Gasteiger partial charge < -0.3 is 38.1 Å². The highest BCUT2D eigenvalue weighted by Gasteiger charge is 2.34. The third-order valence-corrected chi connectivity index (χ3v) is 20.6. The van der Waals surface area contributed by atoms with Crippen molar-refractivity contribution in [3.63, 3.8) is 0 Å². The van der Waals surface area contributed by atoms with Crippen LogP contribution in [-0.2, 0) is 61.3 Å². The molecule has 2 saturated heterocycles. The minimum absolute atomic E-state index is 0.0375. The van der Waals surface area contributed by atoms with E-state index in [1.54, 1.807) is 44.7 Å². The van der Waals surface area contributed by atoms with Crippen LogP contribution in [0.4, 0.5) is 5.69 Å². The summed E-state index contributed by atoms with van der Waals surface area (Å²) in [5.74, 6) is 3.14. The average molecular weight is 1240 g/mol. The maximum absolute atomic E-state index is 13.1. The number of ether oxygens (including phenoxy) is 7. The number of nitrogens with one attached hydrogen (secondary N) is 1. The molecule has 0 amide bonds. The second-order valence-electron chi connectivity index (χ2n) is 22.0. The summed E-state index contributed by atoms with van der Waals surface area (Å²) in [7, 11) is -6.94. The number of rotatable bonds is 15. The Bertz CT molecular complexity index is 4520. The lowest BCUT2D eigenvalue weighted by Crippen LogP contribution is -2.47. The number of nitriles is 1. The van der Waals surface area contributed by atoms with Crippen molar-refractivity contribution in [2.75, 3.05) is 85.3 Å². The lowest BCUT2D eigenvalue weighted by Gasteiger charge is -2.35. The van der Waals surface area contributed by atoms with E-state index in [0.29, 0.717) is 138 Å². The van der Waals surface area contributed by atoms with Gasteiger partial charge in [0.25, 0.3) is 36.5 Å². The summed E-state index contributed by atoms with van der Waals surface area (Å²) in [6.07, 6.45) is 6.26. The SMILES string of the molecule is COc1cc2ncc(Oc3cc4nc5c(c(-c6ccc7c(c6)CN(S(N)(=O)=O)CC7)c4cc3OC)Oc3cc4c(-c6ccc7c(c6)CN(S(N)(=O)=O)CC7)c(C#N)cnc4cc3O5)c(N3CCC(CCNS(=O)(=O)N4CCOCC4)CC3)c2cc1OC. The van der Waals surface area contributed by atoms with Crippen LogP contribution in [0.25, 0.3) is 55.0 Å². The number of pyridine rings is 3. The van der Waals surface area contributed by atoms with Crippen molar-refractivity contribution < 1.29 is 58.4 Å². The van der Waals surface area contributed by atoms with Crippen molar-refractivity contribution in [1.82, 2.24) is 32.6 Å². The second kappa shape index (κ2) is 22.9. The molecule has 27 heteroatoms. The molecule has 0 spiro atoms. The van der Waals surface area contributed by atoms with Crippen molar-refractivity contribution in [1.29, 1.82) is 5.26 Å². The molecule has 0 aliphatic carbocycles. The van der Waals surface area contributed by atoms with E-state index in [9.17, 15) is 30.5 Å². The number of nitrogens with zero attached hydrogens (tertiary/aromatic N) is 8. The van der Waals surface area contributed by atoms with E-state index in [1.165, 1.54) is 26.2 Å². The number of hydrogen-bond donors (Lipinski definition) is 3. The van der Waals surface area contributed by atoms with Gasteiger partial charge in [0.05, 0.1) is 68.5 Å². The summed E-state index contributed by atoms with van der Waals surface area (Å²) in [6, 6.07) is 24.5. The molecule has 8 heterocycles. The van der Waals surface area contributed by atoms with E-state index >= 15 is 0 Å². The van der Waals surface area contributed by atoms with E-state index in [1.807, 2.05) is 48.5 Å². The molecule has 3 aromatic heterocycles. The quantitative estimate of drug-likeness (QED) is 0.0917. The van der Waals surface area contributed by atoms with Crippen molar-refractivity contribution in [3.05, 3.63) is 113 Å². The maximum atomic E-state index is 13.1. The Hall–Kier alpha value is -8.01. The molecule has 24 nitrogen and oxygen atoms in total. The first-order valence-electron chi connectivity index (χ1n) is 28.3. The van der Waals surface area contributed by atoms with Crippen LogP contribution in [-0.4, -0.2) is 133 Å². The molecule has 452 valence electrons. The first-order chi connectivity index (χ1) is 41.9. The Morgan fingerprint density at radius 3 is 1.84 bits per heavy atom. The summed E-state index contributed by atoms with van der Waals surface area (Å²) in [5, 5.41) is 23.6. The number of anilines is 1. The minimum Gasteiger partial charge on any atom is -0.493 e. The first kappa shape index (κ1) is 58.0. The summed E-state index contributed by atoms with van der Waals surface area (Å²) >= 11 is 0. The smallest absolute Gasteiger partial charge is 0.279 e. The topological polar surface area (TPSA) is 307 Å². The van der Waals surface area contributed by atoms with Crippen molar-refractivity contribution in [3.8, 4) is 80.2 Å². The normalized spacial score (nSPS) is 16.9. The Kier molecular flexibility index (Phi) is 15.3. The highest BCUT2D eigenvalue weighted by Crippen LogP contribution is 2.55. The van der Waals surface area contributed by atoms with Gasteiger partial charge in [-0.3, -0.25) is 9.97 Å². The van der Waals surface area contributed by atoms with Crippen LogP contribution in [0, 0.1) is 17.2 Å². The Morgan fingerprint density at radius 2 is 1.20 bits per heavy atom. The lowest BCUT2D eigenvalue weighted by molar-refractivity contribution is 0.0725. The maximum Gasteiger partial charge on any atom is 0.279 e. The summed E-state index contributed by atoms with van der Waals surface area (Å²) in [5.41, 5.74) is 8.33. The first-order valence-corrected chi connectivity index (χ1v) is 32.7. The molecule has 13 rings (SSSR count). The molecule has 2 fully saturated rings. The molecule has 8 aromatic rings. The largest absolute Gasteiger partial charge is 0.493 e. The monoisotopic (exact) mass is 1240 g/mol. The zero-order chi connectivity index (χ0) is 60.5. The van der Waals surface area contributed by atoms with Gasteiger partial charge in [-0.05, 0) is 102 Å². The number of benzene rings is 5. The third-order valence-electron chi connectivity index (χ3n) is 16.9. The number of fused-ring (bicyclic) bond motifs is 7. The van der Waals surface area contributed by atoms with Crippen LogP contribution in [0.1, 0.15) is 47.1 Å². The van der Waals surface area contributed by atoms with Gasteiger partial charge in [0.1, 0.15) is 6.07 Å². The van der Waals surface area contributed by atoms with E-state index < -0.39 is 30.6 Å². The van der Waals surface area contributed by atoms with Crippen molar-refractivity contribution in [2.45, 2.75) is 45.2 Å². The molecule has 87 heavy (non-hydrogen) atoms. The second-order valence-corrected chi connectivity index (χ2v) is 26.8. The van der Waals surface area contributed by atoms with Crippen LogP contribution in [0.5, 0.6) is 51.9 Å². The third kappa shape index (κ3) is 11.1. The molecule has 5 aliphatic heterocycles. The van der Waals surface area contributed by atoms with Gasteiger partial charge >= 0.3 is 0 Å². The summed E-state index contributed by atoms with van der Waals surface area (Å²) in [6.45, 7) is 3.50. The Morgan fingerprint density at radius 1 is 0.621 bits per heavy atom. The number of piperidine rings is 1.